The second kappa shape index (κ2) is 7.90. The third-order valence-electron chi connectivity index (χ3n) is 3.78. The molecule has 1 aromatic carbocycles. The molecule has 0 amide bonds. The molecule has 4 nitrogen and oxygen atoms in total. The van der Waals surface area contributed by atoms with Crippen LogP contribution in [0.3, 0.4) is 0 Å². The summed E-state index contributed by atoms with van der Waals surface area (Å²) in [4.78, 5) is 6.82. The van der Waals surface area contributed by atoms with Crippen molar-refractivity contribution in [1.29, 1.82) is 0 Å². The molecule has 1 heterocycles. The maximum absolute atomic E-state index is 4.42. The van der Waals surface area contributed by atoms with Gasteiger partial charge in [0.1, 0.15) is 0 Å². The van der Waals surface area contributed by atoms with Crippen LogP contribution in [0.2, 0.25) is 0 Å². The van der Waals surface area contributed by atoms with Gasteiger partial charge in [0.25, 0.3) is 0 Å². The van der Waals surface area contributed by atoms with Crippen LogP contribution in [-0.2, 0) is 6.54 Å². The highest BCUT2D eigenvalue weighted by Gasteiger charge is 2.10. The molecule has 20 heavy (non-hydrogen) atoms. The Labute approximate surface area is 122 Å². The van der Waals surface area contributed by atoms with Crippen molar-refractivity contribution < 1.29 is 0 Å². The maximum atomic E-state index is 4.42. The highest BCUT2D eigenvalue weighted by Crippen LogP contribution is 2.07. The highest BCUT2D eigenvalue weighted by molar-refractivity contribution is 5.80. The van der Waals surface area contributed by atoms with E-state index in [-0.39, 0.29) is 0 Å². The second-order valence-electron chi connectivity index (χ2n) is 5.48. The first kappa shape index (κ1) is 14.9. The summed E-state index contributed by atoms with van der Waals surface area (Å²) in [5, 5.41) is 6.67. The molecule has 1 aliphatic heterocycles. The number of nitrogens with zero attached hydrogens (tertiary/aromatic N) is 2. The first-order chi connectivity index (χ1) is 9.75. The Morgan fingerprint density at radius 3 is 2.85 bits per heavy atom. The maximum Gasteiger partial charge on any atom is 0.191 e. The van der Waals surface area contributed by atoms with Crippen LogP contribution in [0.4, 0.5) is 0 Å². The molecule has 0 aliphatic carbocycles. The molecular formula is C16H26N4. The number of hydrogen-bond acceptors (Lipinski definition) is 4. The molecule has 0 aromatic heterocycles. The number of rotatable bonds is 6. The van der Waals surface area contributed by atoms with E-state index < -0.39 is 0 Å². The average Bonchev–Trinajstić information content (AvgIpc) is 2.49. The highest BCUT2D eigenvalue weighted by atomic mass is 15.2. The molecule has 2 rings (SSSR count). The molecule has 1 unspecified atom stereocenters. The Balaban J connectivity index is 1.68. The first-order valence-corrected chi connectivity index (χ1v) is 7.52. The van der Waals surface area contributed by atoms with Crippen LogP contribution in [0.5, 0.6) is 0 Å². The minimum absolute atomic E-state index is 0.548. The van der Waals surface area contributed by atoms with Gasteiger partial charge in [-0.1, -0.05) is 30.3 Å². The molecule has 4 heteroatoms. The Morgan fingerprint density at radius 2 is 2.15 bits per heavy atom. The Morgan fingerprint density at radius 1 is 1.35 bits per heavy atom. The molecule has 0 spiro atoms. The molecular weight excluding hydrogens is 248 g/mol. The summed E-state index contributed by atoms with van der Waals surface area (Å²) in [6, 6.07) is 11.2. The Kier molecular flexibility index (Phi) is 5.87. The van der Waals surface area contributed by atoms with Gasteiger partial charge in [-0.15, -0.1) is 0 Å². The minimum Gasteiger partial charge on any atom is -0.356 e. The molecule has 2 N–H and O–H groups in total. The van der Waals surface area contributed by atoms with Gasteiger partial charge < -0.3 is 10.6 Å². The largest absolute Gasteiger partial charge is 0.356 e. The summed E-state index contributed by atoms with van der Waals surface area (Å²) in [5.74, 6) is 0.967. The predicted octanol–water partition coefficient (Wildman–Crippen LogP) is 1.84. The van der Waals surface area contributed by atoms with Crippen molar-refractivity contribution in [3.8, 4) is 0 Å². The van der Waals surface area contributed by atoms with Gasteiger partial charge in [0.15, 0.2) is 5.96 Å². The van der Waals surface area contributed by atoms with E-state index >= 15 is 0 Å². The molecule has 0 fully saturated rings. The number of aliphatic imine (C=N–C) groups is 1. The summed E-state index contributed by atoms with van der Waals surface area (Å²) in [6.45, 7) is 6.22. The zero-order valence-electron chi connectivity index (χ0n) is 12.6. The standard InChI is InChI=1S/C16H26N4/c1-14(9-12-19-16-17-10-6-11-18-16)20(2)13-15-7-4-3-5-8-15/h3-5,7-8,14H,6,9-13H2,1-2H3,(H2,17,18,19). The van der Waals surface area contributed by atoms with Crippen LogP contribution in [0.15, 0.2) is 35.3 Å². The van der Waals surface area contributed by atoms with E-state index in [9.17, 15) is 0 Å². The van der Waals surface area contributed by atoms with Crippen molar-refractivity contribution in [3.05, 3.63) is 35.9 Å². The molecule has 0 saturated heterocycles. The number of guanidine groups is 1. The van der Waals surface area contributed by atoms with Gasteiger partial charge in [-0.2, -0.15) is 0 Å². The fraction of sp³-hybridized carbons (Fsp3) is 0.562. The fourth-order valence-corrected chi connectivity index (χ4v) is 2.30. The van der Waals surface area contributed by atoms with Gasteiger partial charge in [-0.05, 0) is 32.4 Å². The lowest BCUT2D eigenvalue weighted by molar-refractivity contribution is 0.238. The quantitative estimate of drug-likeness (QED) is 0.831. The zero-order valence-corrected chi connectivity index (χ0v) is 12.6. The average molecular weight is 274 g/mol. The predicted molar refractivity (Wildman–Crippen MR) is 84.9 cm³/mol. The SMILES string of the molecule is CC(CCNC1=NCCCN1)N(C)Cc1ccccc1. The number of hydrogen-bond donors (Lipinski definition) is 2. The van der Waals surface area contributed by atoms with E-state index in [1.165, 1.54) is 5.56 Å². The minimum atomic E-state index is 0.548. The third-order valence-corrected chi connectivity index (χ3v) is 3.78. The lowest BCUT2D eigenvalue weighted by Gasteiger charge is -2.25. The molecule has 0 radical (unpaired) electrons. The third kappa shape index (κ3) is 4.85. The van der Waals surface area contributed by atoms with Gasteiger partial charge in [0, 0.05) is 32.2 Å². The van der Waals surface area contributed by atoms with Gasteiger partial charge in [-0.3, -0.25) is 9.89 Å². The van der Waals surface area contributed by atoms with Gasteiger partial charge in [-0.25, -0.2) is 0 Å². The molecule has 0 bridgehead atoms. The van der Waals surface area contributed by atoms with Crippen molar-refractivity contribution in [3.63, 3.8) is 0 Å². The van der Waals surface area contributed by atoms with Crippen molar-refractivity contribution >= 4 is 5.96 Å². The molecule has 110 valence electrons. The van der Waals surface area contributed by atoms with Crippen molar-refractivity contribution in [1.82, 2.24) is 15.5 Å². The Bertz CT molecular complexity index is 416. The summed E-state index contributed by atoms with van der Waals surface area (Å²) in [6.07, 6.45) is 2.26. The molecule has 1 aromatic rings. The van der Waals surface area contributed by atoms with Gasteiger partial charge in [0.05, 0.1) is 0 Å². The van der Waals surface area contributed by atoms with Crippen molar-refractivity contribution in [2.45, 2.75) is 32.4 Å². The van der Waals surface area contributed by atoms with E-state index in [1.54, 1.807) is 0 Å². The smallest absolute Gasteiger partial charge is 0.191 e. The topological polar surface area (TPSA) is 39.7 Å². The van der Waals surface area contributed by atoms with Crippen LogP contribution < -0.4 is 10.6 Å². The summed E-state index contributed by atoms with van der Waals surface area (Å²) >= 11 is 0. The van der Waals surface area contributed by atoms with E-state index in [2.05, 4.69) is 64.8 Å². The van der Waals surface area contributed by atoms with Crippen LogP contribution in [0, 0.1) is 0 Å². The number of benzene rings is 1. The van der Waals surface area contributed by atoms with Crippen molar-refractivity contribution in [2.75, 3.05) is 26.7 Å². The summed E-state index contributed by atoms with van der Waals surface area (Å²) in [7, 11) is 2.19. The van der Waals surface area contributed by atoms with Gasteiger partial charge >= 0.3 is 0 Å². The second-order valence-corrected chi connectivity index (χ2v) is 5.48. The Hall–Kier alpha value is -1.55. The molecule has 0 saturated carbocycles. The fourth-order valence-electron chi connectivity index (χ4n) is 2.30. The van der Waals surface area contributed by atoms with E-state index in [4.69, 9.17) is 0 Å². The number of nitrogens with one attached hydrogen (secondary N) is 2. The van der Waals surface area contributed by atoms with Crippen molar-refractivity contribution in [2.24, 2.45) is 4.99 Å². The van der Waals surface area contributed by atoms with E-state index in [0.29, 0.717) is 6.04 Å². The van der Waals surface area contributed by atoms with E-state index in [0.717, 1.165) is 45.0 Å². The van der Waals surface area contributed by atoms with Crippen LogP contribution in [-0.4, -0.2) is 43.6 Å². The summed E-state index contributed by atoms with van der Waals surface area (Å²) in [5.41, 5.74) is 1.37. The summed E-state index contributed by atoms with van der Waals surface area (Å²) < 4.78 is 0. The zero-order chi connectivity index (χ0) is 14.2. The normalized spacial score (nSPS) is 16.4. The van der Waals surface area contributed by atoms with Crippen LogP contribution in [0.25, 0.3) is 0 Å². The first-order valence-electron chi connectivity index (χ1n) is 7.52. The molecule has 1 atom stereocenters. The lowest BCUT2D eigenvalue weighted by atomic mass is 10.1. The van der Waals surface area contributed by atoms with Gasteiger partial charge in [0.2, 0.25) is 0 Å². The van der Waals surface area contributed by atoms with Crippen LogP contribution >= 0.6 is 0 Å². The lowest BCUT2D eigenvalue weighted by Crippen LogP contribution is -2.42. The molecule has 1 aliphatic rings. The van der Waals surface area contributed by atoms with Crippen LogP contribution in [0.1, 0.15) is 25.3 Å². The monoisotopic (exact) mass is 274 g/mol. The van der Waals surface area contributed by atoms with E-state index in [1.807, 2.05) is 0 Å².